The molecule has 12 rings (SSSR count). The van der Waals surface area contributed by atoms with Crippen molar-refractivity contribution in [3.05, 3.63) is 212 Å². The molecule has 8 bridgehead atoms. The van der Waals surface area contributed by atoms with Crippen LogP contribution in [0.4, 0.5) is 0 Å². The van der Waals surface area contributed by atoms with Gasteiger partial charge in [0, 0.05) is 49.6 Å². The van der Waals surface area contributed by atoms with Crippen molar-refractivity contribution in [2.75, 3.05) is 0 Å². The van der Waals surface area contributed by atoms with Crippen LogP contribution in [0.3, 0.4) is 0 Å². The van der Waals surface area contributed by atoms with Crippen molar-refractivity contribution in [3.63, 3.8) is 0 Å². The van der Waals surface area contributed by atoms with Crippen molar-refractivity contribution < 1.29 is 0 Å². The fourth-order valence-electron chi connectivity index (χ4n) is 9.18. The Morgan fingerprint density at radius 1 is 0.228 bits per heavy atom. The summed E-state index contributed by atoms with van der Waals surface area (Å²) in [7, 11) is 0. The van der Waals surface area contributed by atoms with Gasteiger partial charge in [-0.15, -0.1) is 0 Å². The topological polar surface area (TPSA) is 14.8 Å². The Kier molecular flexibility index (Phi) is 6.93. The normalized spacial score (nSPS) is 11.9. The van der Waals surface area contributed by atoms with E-state index in [0.717, 1.165) is 49.9 Å². The highest BCUT2D eigenvalue weighted by atomic mass is 15.0. The van der Waals surface area contributed by atoms with Gasteiger partial charge in [0.1, 0.15) is 0 Å². The first-order valence-electron chi connectivity index (χ1n) is 19.6. The van der Waals surface area contributed by atoms with Crippen LogP contribution in [0.25, 0.3) is 104 Å². The predicted molar refractivity (Wildman–Crippen MR) is 242 cm³/mol. The van der Waals surface area contributed by atoms with Gasteiger partial charge in [-0.1, -0.05) is 127 Å². The van der Waals surface area contributed by atoms with E-state index < -0.39 is 0 Å². The number of hydrogen-bond donors (Lipinski definition) is 0. The Labute approximate surface area is 328 Å². The van der Waals surface area contributed by atoms with E-state index in [2.05, 4.69) is 226 Å². The molecule has 12 aromatic rings. The van der Waals surface area contributed by atoms with Crippen LogP contribution < -0.4 is 0 Å². The van der Waals surface area contributed by atoms with E-state index in [1.807, 2.05) is 0 Å². The Balaban J connectivity index is 1.24. The maximum absolute atomic E-state index is 2.43. The van der Waals surface area contributed by atoms with Crippen molar-refractivity contribution in [2.45, 2.75) is 0 Å². The Morgan fingerprint density at radius 3 is 1.51 bits per heavy atom. The van der Waals surface area contributed by atoms with Crippen molar-refractivity contribution in [3.8, 4) is 17.1 Å². The van der Waals surface area contributed by atoms with Crippen LogP contribution >= 0.6 is 0 Å². The molecule has 0 aliphatic carbocycles. The van der Waals surface area contributed by atoms with Crippen LogP contribution in [0.5, 0.6) is 0 Å². The second-order valence-corrected chi connectivity index (χ2v) is 15.0. The van der Waals surface area contributed by atoms with Crippen molar-refractivity contribution in [1.29, 1.82) is 0 Å². The van der Waals surface area contributed by atoms with Gasteiger partial charge in [0.05, 0.1) is 16.7 Å². The summed E-state index contributed by atoms with van der Waals surface area (Å²) < 4.78 is 7.25. The molecule has 266 valence electrons. The van der Waals surface area contributed by atoms with Crippen molar-refractivity contribution in [2.24, 2.45) is 0 Å². The summed E-state index contributed by atoms with van der Waals surface area (Å²) >= 11 is 0. The second kappa shape index (κ2) is 12.5. The molecule has 2 heterocycles. The summed E-state index contributed by atoms with van der Waals surface area (Å²) in [6, 6.07) is 78.1. The van der Waals surface area contributed by atoms with Gasteiger partial charge in [-0.25, -0.2) is 0 Å². The number of fused-ring (bicyclic) bond motifs is 11. The zero-order chi connectivity index (χ0) is 37.5. The van der Waals surface area contributed by atoms with Gasteiger partial charge in [-0.2, -0.15) is 0 Å². The molecule has 0 radical (unpaired) electrons. The lowest BCUT2D eigenvalue weighted by Crippen LogP contribution is -1.99. The summed E-state index contributed by atoms with van der Waals surface area (Å²) in [6.45, 7) is 0. The molecule has 3 nitrogen and oxygen atoms in total. The average molecular weight is 726 g/mol. The molecular weight excluding hydrogens is 691 g/mol. The van der Waals surface area contributed by atoms with Crippen molar-refractivity contribution in [1.82, 2.24) is 13.7 Å². The smallest absolute Gasteiger partial charge is 0.0561 e. The highest BCUT2D eigenvalue weighted by Crippen LogP contribution is 2.36. The minimum Gasteiger partial charge on any atom is -0.310 e. The zero-order valence-electron chi connectivity index (χ0n) is 31.0. The van der Waals surface area contributed by atoms with E-state index in [-0.39, 0.29) is 0 Å². The first-order valence-corrected chi connectivity index (χ1v) is 19.6. The highest BCUT2D eigenvalue weighted by molar-refractivity contribution is 6.12. The molecule has 3 heteroatoms. The lowest BCUT2D eigenvalue weighted by Gasteiger charge is -2.16. The van der Waals surface area contributed by atoms with Crippen LogP contribution in [0.15, 0.2) is 212 Å². The number of benzene rings is 10. The Morgan fingerprint density at radius 2 is 0.754 bits per heavy atom. The third-order valence-electron chi connectivity index (χ3n) is 11.8. The van der Waals surface area contributed by atoms with E-state index in [9.17, 15) is 0 Å². The molecule has 0 fully saturated rings. The monoisotopic (exact) mass is 725 g/mol. The van der Waals surface area contributed by atoms with Gasteiger partial charge in [-0.3, -0.25) is 0 Å². The minimum atomic E-state index is 1.10. The number of hydrogen-bond acceptors (Lipinski definition) is 0. The molecular formula is C54H35N3. The average Bonchev–Trinajstić information content (AvgIpc) is 3.60. The maximum atomic E-state index is 2.43. The number of nitrogens with zero attached hydrogens (tertiary/aromatic N) is 3. The Hall–Kier alpha value is -7.62. The van der Waals surface area contributed by atoms with Crippen LogP contribution in [0, 0.1) is 0 Å². The van der Waals surface area contributed by atoms with Crippen LogP contribution in [0.2, 0.25) is 0 Å². The summed E-state index contributed by atoms with van der Waals surface area (Å²) in [5.74, 6) is 0. The van der Waals surface area contributed by atoms with E-state index in [1.165, 1.54) is 54.1 Å². The predicted octanol–water partition coefficient (Wildman–Crippen LogP) is 14.4. The lowest BCUT2D eigenvalue weighted by molar-refractivity contribution is 1.14. The number of aromatic nitrogens is 3. The molecule has 0 atom stereocenters. The fourth-order valence-corrected chi connectivity index (χ4v) is 9.18. The third kappa shape index (κ3) is 4.99. The largest absolute Gasteiger partial charge is 0.310 e. The van der Waals surface area contributed by atoms with Gasteiger partial charge in [0.2, 0.25) is 0 Å². The molecule has 2 aromatic heterocycles. The summed E-state index contributed by atoms with van der Waals surface area (Å²) in [5.41, 5.74) is 10.2. The second-order valence-electron chi connectivity index (χ2n) is 15.0. The van der Waals surface area contributed by atoms with Crippen LogP contribution in [-0.4, -0.2) is 13.7 Å². The quantitative estimate of drug-likeness (QED) is 0.161. The highest BCUT2D eigenvalue weighted by Gasteiger charge is 2.15. The number of para-hydroxylation sites is 2. The van der Waals surface area contributed by atoms with E-state index >= 15 is 0 Å². The third-order valence-corrected chi connectivity index (χ3v) is 11.8. The molecule has 0 aliphatic heterocycles. The van der Waals surface area contributed by atoms with E-state index in [0.29, 0.717) is 0 Å². The molecule has 0 unspecified atom stereocenters. The van der Waals surface area contributed by atoms with Crippen molar-refractivity contribution >= 4 is 87.0 Å². The lowest BCUT2D eigenvalue weighted by atomic mass is 10.0. The SMILES string of the molecule is c1ccc(-n2c3ccccc3c3ccc(-n4c5cccc(c5)c5cccc(c5)n(-c5cccc6ccccc56)c5ccc6ccc7ccc4cc7c6c5)cc32)cc1. The Bertz CT molecular complexity index is 3630. The summed E-state index contributed by atoms with van der Waals surface area (Å²) in [5, 5.41) is 12.1. The van der Waals surface area contributed by atoms with Crippen LogP contribution in [-0.2, 0) is 0 Å². The first-order chi connectivity index (χ1) is 28.2. The summed E-state index contributed by atoms with van der Waals surface area (Å²) in [4.78, 5) is 0. The molecule has 0 spiro atoms. The molecule has 0 N–H and O–H groups in total. The van der Waals surface area contributed by atoms with Gasteiger partial charge >= 0.3 is 0 Å². The van der Waals surface area contributed by atoms with Gasteiger partial charge in [0.25, 0.3) is 0 Å². The first kappa shape index (κ1) is 31.7. The maximum Gasteiger partial charge on any atom is 0.0561 e. The fraction of sp³-hybridized carbons (Fsp3) is 0. The van der Waals surface area contributed by atoms with Gasteiger partial charge < -0.3 is 13.7 Å². The van der Waals surface area contributed by atoms with E-state index in [4.69, 9.17) is 0 Å². The minimum absolute atomic E-state index is 1.10. The standard InChI is InChI=1S/C54H35N3/c1-2-15-41(16-3-1)57-53-21-7-6-20-48(53)49-30-29-46(35-54(49)57)55-42-17-8-13-39(31-42)40-14-9-18-43(32-40)56(52-22-10-12-36-11-4-5-19-47(36)52)45-28-26-38-24-23-37-25-27-44(55)33-50(37)51(38)34-45/h1-35H. The zero-order valence-corrected chi connectivity index (χ0v) is 31.0. The molecule has 10 aromatic carbocycles. The van der Waals surface area contributed by atoms with Gasteiger partial charge in [0.15, 0.2) is 0 Å². The number of rotatable bonds is 3. The molecule has 0 aliphatic rings. The van der Waals surface area contributed by atoms with Crippen LogP contribution in [0.1, 0.15) is 0 Å². The van der Waals surface area contributed by atoms with E-state index in [1.54, 1.807) is 0 Å². The van der Waals surface area contributed by atoms with Gasteiger partial charge in [-0.05, 0) is 123 Å². The molecule has 57 heavy (non-hydrogen) atoms. The molecule has 0 saturated heterocycles. The molecule has 0 saturated carbocycles. The summed E-state index contributed by atoms with van der Waals surface area (Å²) in [6.07, 6.45) is 0. The molecule has 0 amide bonds.